The Hall–Kier alpha value is -1.77. The van der Waals surface area contributed by atoms with Gasteiger partial charge in [-0.2, -0.15) is 0 Å². The van der Waals surface area contributed by atoms with E-state index in [0.29, 0.717) is 17.8 Å². The highest BCUT2D eigenvalue weighted by Crippen LogP contribution is 2.17. The second kappa shape index (κ2) is 4.39. The van der Waals surface area contributed by atoms with E-state index in [1.807, 2.05) is 36.0 Å². The average molecular weight is 218 g/mol. The summed E-state index contributed by atoms with van der Waals surface area (Å²) in [7, 11) is 1.98. The number of aromatic nitrogens is 1. The summed E-state index contributed by atoms with van der Waals surface area (Å²) in [6, 6.07) is 9.37. The van der Waals surface area contributed by atoms with Gasteiger partial charge in [0.15, 0.2) is 0 Å². The fourth-order valence-corrected chi connectivity index (χ4v) is 1.65. The van der Waals surface area contributed by atoms with Crippen LogP contribution in [0.5, 0.6) is 0 Å². The van der Waals surface area contributed by atoms with Crippen LogP contribution in [-0.2, 0) is 13.6 Å². The molecule has 3 heteroatoms. The molecule has 0 unspecified atom stereocenters. The number of nitrogens with one attached hydrogen (secondary N) is 1. The third-order valence-electron chi connectivity index (χ3n) is 2.70. The maximum absolute atomic E-state index is 13.7. The van der Waals surface area contributed by atoms with Gasteiger partial charge in [-0.3, -0.25) is 0 Å². The smallest absolute Gasteiger partial charge is 0.149 e. The summed E-state index contributed by atoms with van der Waals surface area (Å²) in [4.78, 5) is 0. The highest BCUT2D eigenvalue weighted by Gasteiger charge is 2.04. The lowest BCUT2D eigenvalue weighted by molar-refractivity contribution is 0.620. The van der Waals surface area contributed by atoms with Crippen molar-refractivity contribution in [1.82, 2.24) is 4.57 Å². The molecular formula is C13H15FN2. The number of benzene rings is 1. The van der Waals surface area contributed by atoms with E-state index in [1.165, 1.54) is 0 Å². The minimum absolute atomic E-state index is 0.170. The first-order valence-corrected chi connectivity index (χ1v) is 5.27. The fraction of sp³-hybridized carbons (Fsp3) is 0.231. The van der Waals surface area contributed by atoms with E-state index in [1.54, 1.807) is 19.1 Å². The Labute approximate surface area is 94.7 Å². The summed E-state index contributed by atoms with van der Waals surface area (Å²) in [5.41, 5.74) is 2.35. The molecule has 0 aliphatic carbocycles. The molecule has 0 saturated carbocycles. The SMILES string of the molecule is Cc1cccc(NCc2cccn2C)c1F. The van der Waals surface area contributed by atoms with Crippen molar-refractivity contribution >= 4 is 5.69 Å². The van der Waals surface area contributed by atoms with E-state index in [-0.39, 0.29) is 5.82 Å². The van der Waals surface area contributed by atoms with E-state index in [2.05, 4.69) is 5.32 Å². The molecule has 0 amide bonds. The molecule has 0 aliphatic heterocycles. The number of rotatable bonds is 3. The maximum Gasteiger partial charge on any atom is 0.149 e. The molecule has 0 fully saturated rings. The van der Waals surface area contributed by atoms with Crippen molar-refractivity contribution in [3.8, 4) is 0 Å². The van der Waals surface area contributed by atoms with Crippen LogP contribution < -0.4 is 5.32 Å². The lowest BCUT2D eigenvalue weighted by atomic mass is 10.2. The summed E-state index contributed by atoms with van der Waals surface area (Å²) in [5.74, 6) is -0.170. The molecule has 16 heavy (non-hydrogen) atoms. The Morgan fingerprint density at radius 1 is 1.25 bits per heavy atom. The zero-order chi connectivity index (χ0) is 11.5. The highest BCUT2D eigenvalue weighted by atomic mass is 19.1. The predicted molar refractivity (Wildman–Crippen MR) is 63.9 cm³/mol. The minimum atomic E-state index is -0.170. The van der Waals surface area contributed by atoms with Crippen LogP contribution in [0.2, 0.25) is 0 Å². The first-order valence-electron chi connectivity index (χ1n) is 5.27. The Morgan fingerprint density at radius 3 is 2.75 bits per heavy atom. The molecule has 1 aromatic heterocycles. The molecule has 2 nitrogen and oxygen atoms in total. The van der Waals surface area contributed by atoms with Gasteiger partial charge in [0.1, 0.15) is 5.82 Å². The van der Waals surface area contributed by atoms with Crippen LogP contribution in [0.4, 0.5) is 10.1 Å². The van der Waals surface area contributed by atoms with Crippen LogP contribution in [0.1, 0.15) is 11.3 Å². The Morgan fingerprint density at radius 2 is 2.06 bits per heavy atom. The first-order chi connectivity index (χ1) is 7.68. The molecule has 0 bridgehead atoms. The maximum atomic E-state index is 13.7. The van der Waals surface area contributed by atoms with Crippen molar-refractivity contribution in [2.45, 2.75) is 13.5 Å². The van der Waals surface area contributed by atoms with E-state index in [9.17, 15) is 4.39 Å². The fourth-order valence-electron chi connectivity index (χ4n) is 1.65. The topological polar surface area (TPSA) is 17.0 Å². The zero-order valence-electron chi connectivity index (χ0n) is 9.50. The monoisotopic (exact) mass is 218 g/mol. The first kappa shape index (κ1) is 10.7. The van der Waals surface area contributed by atoms with Crippen LogP contribution >= 0.6 is 0 Å². The van der Waals surface area contributed by atoms with Gasteiger partial charge in [-0.25, -0.2) is 4.39 Å². The lowest BCUT2D eigenvalue weighted by Gasteiger charge is -2.09. The molecule has 0 saturated heterocycles. The molecule has 2 rings (SSSR count). The van der Waals surface area contributed by atoms with Gasteiger partial charge in [-0.1, -0.05) is 12.1 Å². The second-order valence-electron chi connectivity index (χ2n) is 3.90. The summed E-state index contributed by atoms with van der Waals surface area (Å²) >= 11 is 0. The molecule has 0 aliphatic rings. The van der Waals surface area contributed by atoms with E-state index in [0.717, 1.165) is 5.69 Å². The number of nitrogens with zero attached hydrogens (tertiary/aromatic N) is 1. The quantitative estimate of drug-likeness (QED) is 0.837. The van der Waals surface area contributed by atoms with Gasteiger partial charge in [0, 0.05) is 18.9 Å². The van der Waals surface area contributed by atoms with Crippen molar-refractivity contribution in [1.29, 1.82) is 0 Å². The van der Waals surface area contributed by atoms with Crippen molar-refractivity contribution < 1.29 is 4.39 Å². The van der Waals surface area contributed by atoms with Gasteiger partial charge in [-0.05, 0) is 30.7 Å². The Kier molecular flexibility index (Phi) is 2.95. The largest absolute Gasteiger partial charge is 0.377 e. The molecule has 1 aromatic carbocycles. The molecule has 84 valence electrons. The van der Waals surface area contributed by atoms with Crippen LogP contribution in [0, 0.1) is 12.7 Å². The normalized spacial score (nSPS) is 10.4. The van der Waals surface area contributed by atoms with Gasteiger partial charge in [0.05, 0.1) is 12.2 Å². The van der Waals surface area contributed by atoms with Crippen LogP contribution in [0.25, 0.3) is 0 Å². The number of hydrogen-bond acceptors (Lipinski definition) is 1. The molecule has 0 spiro atoms. The van der Waals surface area contributed by atoms with Gasteiger partial charge in [0.2, 0.25) is 0 Å². The number of halogens is 1. The van der Waals surface area contributed by atoms with Gasteiger partial charge < -0.3 is 9.88 Å². The van der Waals surface area contributed by atoms with Gasteiger partial charge in [0.25, 0.3) is 0 Å². The predicted octanol–water partition coefficient (Wildman–Crippen LogP) is 3.08. The number of anilines is 1. The molecule has 2 aromatic rings. The highest BCUT2D eigenvalue weighted by molar-refractivity contribution is 5.47. The van der Waals surface area contributed by atoms with E-state index >= 15 is 0 Å². The van der Waals surface area contributed by atoms with E-state index in [4.69, 9.17) is 0 Å². The van der Waals surface area contributed by atoms with Crippen molar-refractivity contribution in [3.63, 3.8) is 0 Å². The van der Waals surface area contributed by atoms with Crippen LogP contribution in [0.3, 0.4) is 0 Å². The van der Waals surface area contributed by atoms with Gasteiger partial charge in [-0.15, -0.1) is 0 Å². The average Bonchev–Trinajstić information content (AvgIpc) is 2.67. The third-order valence-corrected chi connectivity index (χ3v) is 2.70. The molecule has 0 radical (unpaired) electrons. The molecule has 1 heterocycles. The molecule has 0 atom stereocenters. The summed E-state index contributed by atoms with van der Waals surface area (Å²) < 4.78 is 15.7. The lowest BCUT2D eigenvalue weighted by Crippen LogP contribution is -2.05. The van der Waals surface area contributed by atoms with Crippen molar-refractivity contribution in [2.24, 2.45) is 7.05 Å². The minimum Gasteiger partial charge on any atom is -0.377 e. The standard InChI is InChI=1S/C13H15FN2/c1-10-5-3-7-12(13(10)14)15-9-11-6-4-8-16(11)2/h3-8,15H,9H2,1-2H3. The Balaban J connectivity index is 2.11. The molecular weight excluding hydrogens is 203 g/mol. The third kappa shape index (κ3) is 2.08. The van der Waals surface area contributed by atoms with Crippen LogP contribution in [-0.4, -0.2) is 4.57 Å². The Bertz CT molecular complexity index is 488. The summed E-state index contributed by atoms with van der Waals surface area (Å²) in [5, 5.41) is 3.10. The molecule has 1 N–H and O–H groups in total. The van der Waals surface area contributed by atoms with Crippen molar-refractivity contribution in [2.75, 3.05) is 5.32 Å². The van der Waals surface area contributed by atoms with Gasteiger partial charge >= 0.3 is 0 Å². The number of aryl methyl sites for hydroxylation is 2. The summed E-state index contributed by atoms with van der Waals surface area (Å²) in [6.07, 6.45) is 1.98. The summed E-state index contributed by atoms with van der Waals surface area (Å²) in [6.45, 7) is 2.40. The number of hydrogen-bond donors (Lipinski definition) is 1. The van der Waals surface area contributed by atoms with E-state index < -0.39 is 0 Å². The van der Waals surface area contributed by atoms with Crippen molar-refractivity contribution in [3.05, 3.63) is 53.6 Å². The second-order valence-corrected chi connectivity index (χ2v) is 3.90. The van der Waals surface area contributed by atoms with Crippen LogP contribution in [0.15, 0.2) is 36.5 Å². The zero-order valence-corrected chi connectivity index (χ0v) is 9.50.